The summed E-state index contributed by atoms with van der Waals surface area (Å²) in [5, 5.41) is 18.4. The van der Waals surface area contributed by atoms with Gasteiger partial charge in [-0.3, -0.25) is 4.79 Å². The van der Waals surface area contributed by atoms with E-state index in [1.54, 1.807) is 6.07 Å². The largest absolute Gasteiger partial charge is 0.496 e. The van der Waals surface area contributed by atoms with E-state index in [-0.39, 0.29) is 48.9 Å². The number of rotatable bonds is 10. The molecule has 1 heterocycles. The van der Waals surface area contributed by atoms with Gasteiger partial charge in [0.25, 0.3) is 0 Å². The third-order valence-corrected chi connectivity index (χ3v) is 4.39. The Morgan fingerprint density at radius 3 is 2.26 bits per heavy atom. The van der Waals surface area contributed by atoms with E-state index in [1.165, 1.54) is 44.6 Å². The molecule has 0 saturated carbocycles. The minimum atomic E-state index is -0.814. The Hall–Kier alpha value is -3.56. The quantitative estimate of drug-likeness (QED) is 0.366. The van der Waals surface area contributed by atoms with Crippen LogP contribution in [-0.4, -0.2) is 56.6 Å². The molecule has 31 heavy (non-hydrogen) atoms. The highest BCUT2D eigenvalue weighted by molar-refractivity contribution is 6.10. The first-order valence-corrected chi connectivity index (χ1v) is 9.38. The van der Waals surface area contributed by atoms with Crippen molar-refractivity contribution in [3.63, 3.8) is 0 Å². The lowest BCUT2D eigenvalue weighted by molar-refractivity contribution is 0.103. The highest BCUT2D eigenvalue weighted by Crippen LogP contribution is 2.32. The minimum absolute atomic E-state index is 0.0235. The van der Waals surface area contributed by atoms with Crippen molar-refractivity contribution in [3.8, 4) is 23.0 Å². The first-order chi connectivity index (χ1) is 15.0. The highest BCUT2D eigenvalue weighted by atomic mass is 16.5. The molecule has 3 aromatic rings. The number of carbonyl (C=O) groups excluding carboxylic acids is 1. The van der Waals surface area contributed by atoms with Crippen molar-refractivity contribution in [2.24, 2.45) is 0 Å². The van der Waals surface area contributed by atoms with E-state index >= 15 is 0 Å². The number of ketones is 1. The van der Waals surface area contributed by atoms with E-state index in [9.17, 15) is 9.59 Å². The lowest BCUT2D eigenvalue weighted by Crippen LogP contribution is -2.15. The topological polar surface area (TPSA) is 125 Å². The van der Waals surface area contributed by atoms with Gasteiger partial charge in [-0.2, -0.15) is 0 Å². The van der Waals surface area contributed by atoms with Crippen LogP contribution < -0.4 is 24.6 Å². The van der Waals surface area contributed by atoms with Crippen LogP contribution in [0.25, 0.3) is 11.0 Å². The average molecular weight is 430 g/mol. The van der Waals surface area contributed by atoms with Crippen molar-refractivity contribution in [2.75, 3.05) is 40.6 Å². The second kappa shape index (κ2) is 9.96. The molecule has 2 aromatic carbocycles. The number of ether oxygens (including phenoxy) is 4. The van der Waals surface area contributed by atoms with Gasteiger partial charge in [-0.15, -0.1) is 0 Å². The van der Waals surface area contributed by atoms with Crippen LogP contribution in [0.2, 0.25) is 0 Å². The summed E-state index contributed by atoms with van der Waals surface area (Å²) in [7, 11) is 2.93. The molecule has 0 unspecified atom stereocenters. The fourth-order valence-corrected chi connectivity index (χ4v) is 2.95. The molecule has 2 N–H and O–H groups in total. The number of aliphatic hydroxyl groups excluding tert-OH is 2. The Bertz CT molecular complexity index is 1130. The molecule has 0 aliphatic carbocycles. The predicted molar refractivity (Wildman–Crippen MR) is 111 cm³/mol. The summed E-state index contributed by atoms with van der Waals surface area (Å²) in [6, 6.07) is 8.91. The lowest BCUT2D eigenvalue weighted by Gasteiger charge is -2.13. The predicted octanol–water partition coefficient (Wildman–Crippen LogP) is 1.78. The van der Waals surface area contributed by atoms with Gasteiger partial charge in [0.15, 0.2) is 11.5 Å². The molecular formula is C22H22O9. The Balaban J connectivity index is 2.05. The molecular weight excluding hydrogens is 408 g/mol. The van der Waals surface area contributed by atoms with E-state index < -0.39 is 11.4 Å². The van der Waals surface area contributed by atoms with Gasteiger partial charge in [-0.1, -0.05) is 0 Å². The number of hydrogen-bond acceptors (Lipinski definition) is 9. The number of methoxy groups -OCH3 is 2. The molecule has 3 rings (SSSR count). The number of hydrogen-bond donors (Lipinski definition) is 2. The summed E-state index contributed by atoms with van der Waals surface area (Å²) >= 11 is 0. The molecule has 1 aromatic heterocycles. The van der Waals surface area contributed by atoms with Crippen molar-refractivity contribution >= 4 is 16.8 Å². The van der Waals surface area contributed by atoms with Gasteiger partial charge in [0.1, 0.15) is 35.9 Å². The Morgan fingerprint density at radius 1 is 0.903 bits per heavy atom. The van der Waals surface area contributed by atoms with Gasteiger partial charge in [-0.05, 0) is 24.3 Å². The molecule has 9 nitrogen and oxygen atoms in total. The van der Waals surface area contributed by atoms with E-state index in [0.717, 1.165) is 0 Å². The van der Waals surface area contributed by atoms with Crippen LogP contribution in [0.1, 0.15) is 15.9 Å². The van der Waals surface area contributed by atoms with Gasteiger partial charge < -0.3 is 33.6 Å². The second-order valence-electron chi connectivity index (χ2n) is 6.32. The van der Waals surface area contributed by atoms with Gasteiger partial charge in [0.05, 0.1) is 32.8 Å². The molecule has 9 heteroatoms. The standard InChI is InChI=1S/C22H22O9/c1-27-14-10-18(28-2)15-12-16(22(26)31-19(15)11-14)21(25)13-3-4-17(29-7-5-23)20(9-13)30-8-6-24/h3-4,9-12,23-24H,5-8H2,1-2H3. The van der Waals surface area contributed by atoms with Crippen LogP contribution in [0.5, 0.6) is 23.0 Å². The fourth-order valence-electron chi connectivity index (χ4n) is 2.95. The Labute approximate surface area is 177 Å². The summed E-state index contributed by atoms with van der Waals surface area (Å²) in [5.74, 6) is 0.720. The van der Waals surface area contributed by atoms with Gasteiger partial charge in [0.2, 0.25) is 5.78 Å². The number of aliphatic hydroxyl groups is 2. The number of fused-ring (bicyclic) bond motifs is 1. The third-order valence-electron chi connectivity index (χ3n) is 4.39. The van der Waals surface area contributed by atoms with Crippen LogP contribution in [0.15, 0.2) is 45.6 Å². The highest BCUT2D eigenvalue weighted by Gasteiger charge is 2.20. The SMILES string of the molecule is COc1cc(OC)c2cc(C(=O)c3ccc(OCCO)c(OCCO)c3)c(=O)oc2c1. The van der Waals surface area contributed by atoms with Gasteiger partial charge >= 0.3 is 5.63 Å². The van der Waals surface area contributed by atoms with Crippen molar-refractivity contribution in [3.05, 3.63) is 57.9 Å². The number of benzene rings is 2. The molecule has 0 atom stereocenters. The van der Waals surface area contributed by atoms with Crippen LogP contribution in [0.4, 0.5) is 0 Å². The Morgan fingerprint density at radius 2 is 1.61 bits per heavy atom. The number of carbonyl (C=O) groups is 1. The first-order valence-electron chi connectivity index (χ1n) is 9.38. The summed E-state index contributed by atoms with van der Waals surface area (Å²) in [4.78, 5) is 25.6. The zero-order chi connectivity index (χ0) is 22.4. The molecule has 0 aliphatic rings. The molecule has 0 bridgehead atoms. The van der Waals surface area contributed by atoms with Crippen molar-refractivity contribution in [1.82, 2.24) is 0 Å². The van der Waals surface area contributed by atoms with Gasteiger partial charge in [-0.25, -0.2) is 4.79 Å². The maximum Gasteiger partial charge on any atom is 0.347 e. The van der Waals surface area contributed by atoms with E-state index in [4.69, 9.17) is 33.6 Å². The normalized spacial score (nSPS) is 10.7. The zero-order valence-corrected chi connectivity index (χ0v) is 17.0. The van der Waals surface area contributed by atoms with E-state index in [0.29, 0.717) is 22.6 Å². The Kier molecular flexibility index (Phi) is 7.11. The second-order valence-corrected chi connectivity index (χ2v) is 6.32. The molecule has 0 amide bonds. The first kappa shape index (κ1) is 22.1. The molecule has 164 valence electrons. The maximum atomic E-state index is 13.1. The summed E-state index contributed by atoms with van der Waals surface area (Å²) in [6.07, 6.45) is 0. The molecule has 0 aliphatic heterocycles. The van der Waals surface area contributed by atoms with Crippen LogP contribution in [-0.2, 0) is 0 Å². The molecule has 0 radical (unpaired) electrons. The van der Waals surface area contributed by atoms with E-state index in [1.807, 2.05) is 0 Å². The van der Waals surface area contributed by atoms with E-state index in [2.05, 4.69) is 0 Å². The molecule has 0 fully saturated rings. The average Bonchev–Trinajstić information content (AvgIpc) is 2.79. The zero-order valence-electron chi connectivity index (χ0n) is 17.0. The van der Waals surface area contributed by atoms with Crippen molar-refractivity contribution in [1.29, 1.82) is 0 Å². The van der Waals surface area contributed by atoms with Crippen molar-refractivity contribution in [2.45, 2.75) is 0 Å². The third kappa shape index (κ3) is 4.79. The summed E-state index contributed by atoms with van der Waals surface area (Å²) < 4.78 is 26.6. The fraction of sp³-hybridized carbons (Fsp3) is 0.273. The lowest BCUT2D eigenvalue weighted by atomic mass is 10.0. The molecule has 0 saturated heterocycles. The van der Waals surface area contributed by atoms with Crippen LogP contribution in [0.3, 0.4) is 0 Å². The maximum absolute atomic E-state index is 13.1. The summed E-state index contributed by atoms with van der Waals surface area (Å²) in [5.41, 5.74) is -0.625. The smallest absolute Gasteiger partial charge is 0.347 e. The van der Waals surface area contributed by atoms with Crippen LogP contribution in [0, 0.1) is 0 Å². The van der Waals surface area contributed by atoms with Crippen LogP contribution >= 0.6 is 0 Å². The molecule has 0 spiro atoms. The van der Waals surface area contributed by atoms with Gasteiger partial charge in [0, 0.05) is 17.7 Å². The van der Waals surface area contributed by atoms with Crippen molar-refractivity contribution < 1.29 is 38.4 Å². The minimum Gasteiger partial charge on any atom is -0.496 e. The monoisotopic (exact) mass is 430 g/mol. The summed E-state index contributed by atoms with van der Waals surface area (Å²) in [6.45, 7) is -0.440.